The van der Waals surface area contributed by atoms with Gasteiger partial charge in [0, 0.05) is 29.2 Å². The number of carbonyl (C=O) groups is 2. The Hall–Kier alpha value is -3.35. The van der Waals surface area contributed by atoms with E-state index in [9.17, 15) is 35.9 Å². The third kappa shape index (κ3) is 4.27. The van der Waals surface area contributed by atoms with E-state index in [1.165, 1.54) is 0 Å². The predicted octanol–water partition coefficient (Wildman–Crippen LogP) is 3.68. The Kier molecular flexibility index (Phi) is 6.53. The Morgan fingerprint density at radius 2 is 1.85 bits per heavy atom. The van der Waals surface area contributed by atoms with E-state index < -0.39 is 70.6 Å². The Morgan fingerprint density at radius 1 is 1.21 bits per heavy atom. The van der Waals surface area contributed by atoms with E-state index in [2.05, 4.69) is 10.3 Å². The number of hydrogen-bond donors (Lipinski definition) is 2. The second-order valence-corrected chi connectivity index (χ2v) is 7.86. The van der Waals surface area contributed by atoms with Gasteiger partial charge in [-0.1, -0.05) is 13.0 Å². The largest absolute Gasteiger partial charge is 0.493 e. The molecule has 1 aliphatic heterocycles. The monoisotopic (exact) mass is 491 g/mol. The maximum atomic E-state index is 14.4. The molecule has 0 radical (unpaired) electrons. The number of aromatic nitrogens is 1. The number of nitrogens with two attached hydrogens (primary N) is 1. The molecule has 1 fully saturated rings. The number of amides is 2. The fourth-order valence-corrected chi connectivity index (χ4v) is 3.95. The Bertz CT molecular complexity index is 1140. The lowest BCUT2D eigenvalue weighted by Gasteiger charge is -2.32. The summed E-state index contributed by atoms with van der Waals surface area (Å²) in [4.78, 5) is 27.6. The minimum absolute atomic E-state index is 0.235. The van der Waals surface area contributed by atoms with Crippen LogP contribution >= 0.6 is 0 Å². The summed E-state index contributed by atoms with van der Waals surface area (Å²) in [6.45, 7) is 1.87. The molecule has 13 heteroatoms. The molecule has 1 aliphatic rings. The highest BCUT2D eigenvalue weighted by Gasteiger charge is 2.65. The highest BCUT2D eigenvalue weighted by Crippen LogP contribution is 2.55. The molecule has 0 bridgehead atoms. The van der Waals surface area contributed by atoms with Gasteiger partial charge in [-0.05, 0) is 19.1 Å². The van der Waals surface area contributed by atoms with Crippen molar-refractivity contribution < 1.29 is 45.4 Å². The number of methoxy groups -OCH3 is 1. The van der Waals surface area contributed by atoms with Crippen molar-refractivity contribution in [3.8, 4) is 5.75 Å². The van der Waals surface area contributed by atoms with Gasteiger partial charge in [0.15, 0.2) is 17.2 Å². The van der Waals surface area contributed by atoms with Crippen LogP contribution < -0.4 is 15.8 Å². The van der Waals surface area contributed by atoms with E-state index in [0.29, 0.717) is 12.1 Å². The number of hydrogen-bond acceptors (Lipinski definition) is 5. The van der Waals surface area contributed by atoms with Crippen LogP contribution in [0.3, 0.4) is 0 Å². The first-order chi connectivity index (χ1) is 15.7. The second-order valence-electron chi connectivity index (χ2n) is 7.86. The van der Waals surface area contributed by atoms with Gasteiger partial charge in [0.05, 0.1) is 7.11 Å². The predicted molar refractivity (Wildman–Crippen MR) is 105 cm³/mol. The number of nitrogens with zero attached hydrogens (tertiary/aromatic N) is 1. The lowest BCUT2D eigenvalue weighted by molar-refractivity contribution is -0.272. The van der Waals surface area contributed by atoms with E-state index >= 15 is 0 Å². The molecule has 0 unspecified atom stereocenters. The molecule has 1 saturated heterocycles. The molecule has 4 atom stereocenters. The normalized spacial score (nSPS) is 24.7. The third-order valence-electron chi connectivity index (χ3n) is 5.88. The van der Waals surface area contributed by atoms with Crippen molar-refractivity contribution in [1.82, 2.24) is 4.98 Å². The number of ether oxygens (including phenoxy) is 2. The number of anilines is 1. The lowest BCUT2D eigenvalue weighted by atomic mass is 9.77. The van der Waals surface area contributed by atoms with E-state index in [1.807, 2.05) is 0 Å². The van der Waals surface area contributed by atoms with Gasteiger partial charge >= 0.3 is 6.18 Å². The summed E-state index contributed by atoms with van der Waals surface area (Å²) in [5.41, 5.74) is 1.07. The fourth-order valence-electron chi connectivity index (χ4n) is 3.95. The molecule has 1 aromatic carbocycles. The fraction of sp³-hybridized carbons (Fsp3) is 0.381. The Labute approximate surface area is 189 Å². The second kappa shape index (κ2) is 8.78. The summed E-state index contributed by atoms with van der Waals surface area (Å²) in [7, 11) is 0.991. The number of rotatable bonds is 5. The minimum Gasteiger partial charge on any atom is -0.493 e. The number of nitrogens with one attached hydrogen (secondary N) is 1. The van der Waals surface area contributed by atoms with Gasteiger partial charge in [-0.15, -0.1) is 0 Å². The highest BCUT2D eigenvalue weighted by molar-refractivity contribution is 5.97. The molecular formula is C21H19F6N3O4. The zero-order chi connectivity index (χ0) is 25.6. The number of halogens is 6. The number of benzene rings is 1. The van der Waals surface area contributed by atoms with E-state index in [-0.39, 0.29) is 11.3 Å². The molecule has 3 N–H and O–H groups in total. The van der Waals surface area contributed by atoms with Crippen LogP contribution in [0.25, 0.3) is 0 Å². The average molecular weight is 491 g/mol. The van der Waals surface area contributed by atoms with Crippen LogP contribution in [0.15, 0.2) is 24.3 Å². The summed E-state index contributed by atoms with van der Waals surface area (Å²) < 4.78 is 93.7. The maximum absolute atomic E-state index is 14.4. The van der Waals surface area contributed by atoms with Crippen molar-refractivity contribution in [1.29, 1.82) is 0 Å². The smallest absolute Gasteiger partial charge is 0.417 e. The van der Waals surface area contributed by atoms with Gasteiger partial charge in [-0.25, -0.2) is 9.37 Å². The highest BCUT2D eigenvalue weighted by atomic mass is 19.4. The first-order valence-corrected chi connectivity index (χ1v) is 9.76. The minimum atomic E-state index is -4.95. The van der Waals surface area contributed by atoms with Gasteiger partial charge in [0.25, 0.3) is 11.8 Å². The number of alkyl halides is 3. The van der Waals surface area contributed by atoms with Crippen molar-refractivity contribution in [2.24, 2.45) is 11.7 Å². The lowest BCUT2D eigenvalue weighted by Crippen LogP contribution is -2.47. The van der Waals surface area contributed by atoms with Gasteiger partial charge in [-0.3, -0.25) is 9.59 Å². The average Bonchev–Trinajstić information content (AvgIpc) is 3.01. The molecule has 0 saturated carbocycles. The molecule has 0 spiro atoms. The van der Waals surface area contributed by atoms with E-state index in [4.69, 9.17) is 15.2 Å². The Balaban J connectivity index is 2.09. The molecular weight excluding hydrogens is 472 g/mol. The van der Waals surface area contributed by atoms with E-state index in [0.717, 1.165) is 33.1 Å². The number of carbonyl (C=O) groups excluding carboxylic acids is 2. The third-order valence-corrected chi connectivity index (χ3v) is 5.88. The topological polar surface area (TPSA) is 104 Å². The van der Waals surface area contributed by atoms with E-state index in [1.54, 1.807) is 0 Å². The van der Waals surface area contributed by atoms with Crippen molar-refractivity contribution in [2.75, 3.05) is 12.4 Å². The van der Waals surface area contributed by atoms with Crippen molar-refractivity contribution in [3.63, 3.8) is 0 Å². The summed E-state index contributed by atoms with van der Waals surface area (Å²) in [5.74, 6) is -9.85. The van der Waals surface area contributed by atoms with Crippen LogP contribution in [-0.4, -0.2) is 41.8 Å². The SMILES string of the molecule is COc1c([C@@H]2[C@@H](C)[C@](C)(C(F)(F)F)O[C@H]2C(=O)Nc2cc(F)nc(C(N)=O)c2)ccc(F)c1F. The molecule has 1 aromatic heterocycles. The van der Waals surface area contributed by atoms with Crippen LogP contribution in [0.2, 0.25) is 0 Å². The van der Waals surface area contributed by atoms with Crippen molar-refractivity contribution in [2.45, 2.75) is 37.6 Å². The molecule has 34 heavy (non-hydrogen) atoms. The van der Waals surface area contributed by atoms with Crippen molar-refractivity contribution >= 4 is 17.5 Å². The van der Waals surface area contributed by atoms with Crippen LogP contribution in [-0.2, 0) is 9.53 Å². The van der Waals surface area contributed by atoms with Crippen LogP contribution in [0.1, 0.15) is 35.8 Å². The number of primary amides is 1. The molecule has 7 nitrogen and oxygen atoms in total. The molecule has 0 aliphatic carbocycles. The zero-order valence-electron chi connectivity index (χ0n) is 18.0. The molecule has 2 heterocycles. The summed E-state index contributed by atoms with van der Waals surface area (Å²) in [6, 6.07) is 3.31. The number of pyridine rings is 1. The first-order valence-electron chi connectivity index (χ1n) is 9.76. The molecule has 184 valence electrons. The zero-order valence-corrected chi connectivity index (χ0v) is 18.0. The molecule has 3 rings (SSSR count). The van der Waals surface area contributed by atoms with Crippen LogP contribution in [0.4, 0.5) is 32.0 Å². The maximum Gasteiger partial charge on any atom is 0.417 e. The summed E-state index contributed by atoms with van der Waals surface area (Å²) in [6.07, 6.45) is -6.85. The first kappa shape index (κ1) is 25.3. The van der Waals surface area contributed by atoms with Crippen LogP contribution in [0.5, 0.6) is 5.75 Å². The standard InChI is InChI=1S/C21H19F6N3O4/c1-8-14(10-4-5-11(22)15(24)16(10)33-3)17(34-20(8,2)21(25,26)27)19(32)29-9-6-12(18(28)31)30-13(23)7-9/h4-8,14,17H,1-3H3,(H2,28,31)(H,29,30,32)/t8-,14+,17-,20-/m1/s1. The summed E-state index contributed by atoms with van der Waals surface area (Å²) >= 11 is 0. The van der Waals surface area contributed by atoms with Gasteiger partial charge in [0.2, 0.25) is 11.8 Å². The molecule has 2 amide bonds. The van der Waals surface area contributed by atoms with Gasteiger partial charge in [-0.2, -0.15) is 22.0 Å². The molecule has 2 aromatic rings. The van der Waals surface area contributed by atoms with Gasteiger partial charge < -0.3 is 20.5 Å². The van der Waals surface area contributed by atoms with Crippen LogP contribution in [0, 0.1) is 23.5 Å². The van der Waals surface area contributed by atoms with Gasteiger partial charge in [0.1, 0.15) is 11.8 Å². The quantitative estimate of drug-likeness (QED) is 0.491. The Morgan fingerprint density at radius 3 is 2.41 bits per heavy atom. The summed E-state index contributed by atoms with van der Waals surface area (Å²) in [5, 5.41) is 2.17. The van der Waals surface area contributed by atoms with Crippen molar-refractivity contribution in [3.05, 3.63) is 53.1 Å².